The number of benzene rings is 2. The Bertz CT molecular complexity index is 1070. The van der Waals surface area contributed by atoms with Gasteiger partial charge in [0, 0.05) is 41.0 Å². The summed E-state index contributed by atoms with van der Waals surface area (Å²) in [5, 5.41) is 9.95. The first-order chi connectivity index (χ1) is 14.0. The molecule has 7 heteroatoms. The number of nitrogens with zero attached hydrogens (tertiary/aromatic N) is 2. The number of aromatic carboxylic acids is 1. The second-order valence-electron chi connectivity index (χ2n) is 6.77. The molecule has 148 valence electrons. The number of carboxylic acid groups (broad SMARTS) is 1. The lowest BCUT2D eigenvalue weighted by Crippen LogP contribution is -2.21. The van der Waals surface area contributed by atoms with Crippen molar-refractivity contribution < 1.29 is 19.0 Å². The maximum atomic E-state index is 13.9. The Morgan fingerprint density at radius 3 is 2.83 bits per heavy atom. The number of pyridine rings is 1. The van der Waals surface area contributed by atoms with Crippen molar-refractivity contribution in [1.29, 1.82) is 0 Å². The highest BCUT2D eigenvalue weighted by Crippen LogP contribution is 2.32. The maximum absolute atomic E-state index is 13.9. The largest absolute Gasteiger partial charge is 0.488 e. The van der Waals surface area contributed by atoms with Gasteiger partial charge in [-0.25, -0.2) is 14.2 Å². The summed E-state index contributed by atoms with van der Waals surface area (Å²) in [5.41, 5.74) is 2.30. The number of fused-ring (bicyclic) bond motifs is 1. The number of carboxylic acids is 1. The van der Waals surface area contributed by atoms with E-state index in [9.17, 15) is 14.3 Å². The van der Waals surface area contributed by atoms with Crippen LogP contribution >= 0.6 is 11.6 Å². The fourth-order valence-electron chi connectivity index (χ4n) is 3.50. The first-order valence-corrected chi connectivity index (χ1v) is 9.51. The molecule has 0 atom stereocenters. The second kappa shape index (κ2) is 8.09. The standard InChI is InChI=1S/C22H18ClFN2O3/c23-16-5-6-20(29-13-14-3-1-2-4-19(14)24)15(11-16)12-26-10-8-17-18(22(27)28)7-9-25-21(17)26/h1-7,9,11H,8,10,12-13H2,(H,27,28). The predicted molar refractivity (Wildman–Crippen MR) is 108 cm³/mol. The lowest BCUT2D eigenvalue weighted by Gasteiger charge is -2.21. The molecule has 0 unspecified atom stereocenters. The lowest BCUT2D eigenvalue weighted by molar-refractivity contribution is 0.0696. The molecule has 0 spiro atoms. The summed E-state index contributed by atoms with van der Waals surface area (Å²) < 4.78 is 19.8. The van der Waals surface area contributed by atoms with Crippen molar-refractivity contribution in [3.63, 3.8) is 0 Å². The summed E-state index contributed by atoms with van der Waals surface area (Å²) in [5.74, 6) is -0.0190. The average molecular weight is 413 g/mol. The van der Waals surface area contributed by atoms with Gasteiger partial charge >= 0.3 is 5.97 Å². The number of ether oxygens (including phenoxy) is 1. The molecule has 0 aliphatic carbocycles. The Kier molecular flexibility index (Phi) is 5.36. The van der Waals surface area contributed by atoms with E-state index in [1.165, 1.54) is 18.3 Å². The average Bonchev–Trinajstić information content (AvgIpc) is 3.11. The minimum Gasteiger partial charge on any atom is -0.488 e. The van der Waals surface area contributed by atoms with Crippen molar-refractivity contribution in [1.82, 2.24) is 4.98 Å². The highest BCUT2D eigenvalue weighted by Gasteiger charge is 2.26. The first-order valence-electron chi connectivity index (χ1n) is 9.13. The maximum Gasteiger partial charge on any atom is 0.336 e. The smallest absolute Gasteiger partial charge is 0.336 e. The number of anilines is 1. The van der Waals surface area contributed by atoms with E-state index < -0.39 is 5.97 Å². The third-order valence-corrected chi connectivity index (χ3v) is 5.15. The molecule has 0 amide bonds. The molecule has 3 aromatic rings. The third kappa shape index (κ3) is 4.03. The Morgan fingerprint density at radius 1 is 1.21 bits per heavy atom. The SMILES string of the molecule is O=C(O)c1ccnc2c1CCN2Cc1cc(Cl)ccc1OCc1ccccc1F. The summed E-state index contributed by atoms with van der Waals surface area (Å²) in [6.07, 6.45) is 2.12. The molecule has 1 aliphatic rings. The zero-order valence-corrected chi connectivity index (χ0v) is 16.2. The Hall–Kier alpha value is -3.12. The molecule has 0 fully saturated rings. The summed E-state index contributed by atoms with van der Waals surface area (Å²) in [6.45, 7) is 1.20. The van der Waals surface area contributed by atoms with Crippen LogP contribution in [0.5, 0.6) is 5.75 Å². The topological polar surface area (TPSA) is 62.7 Å². The van der Waals surface area contributed by atoms with E-state index >= 15 is 0 Å². The quantitative estimate of drug-likeness (QED) is 0.635. The van der Waals surface area contributed by atoms with Crippen LogP contribution in [-0.2, 0) is 19.6 Å². The van der Waals surface area contributed by atoms with Crippen molar-refractivity contribution in [2.75, 3.05) is 11.4 Å². The van der Waals surface area contributed by atoms with Gasteiger partial charge in [-0.05, 0) is 36.8 Å². The molecule has 5 nitrogen and oxygen atoms in total. The van der Waals surface area contributed by atoms with Gasteiger partial charge in [-0.1, -0.05) is 29.8 Å². The van der Waals surface area contributed by atoms with Gasteiger partial charge in [-0.15, -0.1) is 0 Å². The van der Waals surface area contributed by atoms with Crippen molar-refractivity contribution in [2.45, 2.75) is 19.6 Å². The molecule has 0 bridgehead atoms. The van der Waals surface area contributed by atoms with Crippen LogP contribution in [0, 0.1) is 5.82 Å². The Balaban J connectivity index is 1.58. The number of hydrogen-bond acceptors (Lipinski definition) is 4. The summed E-state index contributed by atoms with van der Waals surface area (Å²) in [7, 11) is 0. The summed E-state index contributed by atoms with van der Waals surface area (Å²) in [6, 6.07) is 13.3. The normalized spacial score (nSPS) is 12.7. The number of aromatic nitrogens is 1. The first kappa shape index (κ1) is 19.2. The second-order valence-corrected chi connectivity index (χ2v) is 7.21. The fourth-order valence-corrected chi connectivity index (χ4v) is 3.69. The molecule has 1 N–H and O–H groups in total. The monoisotopic (exact) mass is 412 g/mol. The van der Waals surface area contributed by atoms with Crippen LogP contribution in [0.3, 0.4) is 0 Å². The van der Waals surface area contributed by atoms with Gasteiger partial charge in [-0.2, -0.15) is 0 Å². The number of halogens is 2. The van der Waals surface area contributed by atoms with Gasteiger partial charge in [-0.3, -0.25) is 0 Å². The lowest BCUT2D eigenvalue weighted by atomic mass is 10.1. The van der Waals surface area contributed by atoms with Gasteiger partial charge in [0.25, 0.3) is 0 Å². The molecule has 0 saturated heterocycles. The highest BCUT2D eigenvalue weighted by molar-refractivity contribution is 6.30. The summed E-state index contributed by atoms with van der Waals surface area (Å²) >= 11 is 6.18. The number of rotatable bonds is 6. The highest BCUT2D eigenvalue weighted by atomic mass is 35.5. The number of hydrogen-bond donors (Lipinski definition) is 1. The van der Waals surface area contributed by atoms with E-state index in [2.05, 4.69) is 4.98 Å². The van der Waals surface area contributed by atoms with E-state index in [0.717, 1.165) is 11.1 Å². The van der Waals surface area contributed by atoms with Crippen LogP contribution in [0.2, 0.25) is 5.02 Å². The van der Waals surface area contributed by atoms with Crippen LogP contribution in [0.1, 0.15) is 27.0 Å². The molecular formula is C22H18ClFN2O3. The van der Waals surface area contributed by atoms with Crippen LogP contribution in [-0.4, -0.2) is 22.6 Å². The van der Waals surface area contributed by atoms with E-state index in [1.54, 1.807) is 36.4 Å². The Labute approximate surface area is 172 Å². The van der Waals surface area contributed by atoms with Crippen LogP contribution in [0.15, 0.2) is 54.7 Å². The number of carbonyl (C=O) groups is 1. The predicted octanol–water partition coefficient (Wildman–Crippen LogP) is 4.71. The van der Waals surface area contributed by atoms with Crippen molar-refractivity contribution in [3.05, 3.63) is 87.8 Å². The summed E-state index contributed by atoms with van der Waals surface area (Å²) in [4.78, 5) is 17.8. The van der Waals surface area contributed by atoms with Gasteiger partial charge in [0.1, 0.15) is 24.0 Å². The van der Waals surface area contributed by atoms with Crippen LogP contribution in [0.4, 0.5) is 10.2 Å². The molecule has 0 radical (unpaired) electrons. The van der Waals surface area contributed by atoms with Gasteiger partial charge in [0.2, 0.25) is 0 Å². The molecule has 4 rings (SSSR count). The van der Waals surface area contributed by atoms with Crippen molar-refractivity contribution in [3.8, 4) is 5.75 Å². The van der Waals surface area contributed by atoms with Crippen molar-refractivity contribution >= 4 is 23.4 Å². The van der Waals surface area contributed by atoms with Crippen molar-refractivity contribution in [2.24, 2.45) is 0 Å². The minimum absolute atomic E-state index is 0.0965. The fraction of sp³-hybridized carbons (Fsp3) is 0.182. The van der Waals surface area contributed by atoms with Gasteiger partial charge in [0.05, 0.1) is 5.56 Å². The minimum atomic E-state index is -0.956. The zero-order valence-electron chi connectivity index (χ0n) is 15.4. The molecule has 29 heavy (non-hydrogen) atoms. The zero-order chi connectivity index (χ0) is 20.4. The molecule has 2 heterocycles. The van der Waals surface area contributed by atoms with E-state index in [1.807, 2.05) is 4.90 Å². The van der Waals surface area contributed by atoms with Crippen LogP contribution < -0.4 is 9.64 Å². The Morgan fingerprint density at radius 2 is 2.03 bits per heavy atom. The van der Waals surface area contributed by atoms with Gasteiger partial charge in [0.15, 0.2) is 0 Å². The van der Waals surface area contributed by atoms with Gasteiger partial charge < -0.3 is 14.7 Å². The van der Waals surface area contributed by atoms with Crippen LogP contribution in [0.25, 0.3) is 0 Å². The van der Waals surface area contributed by atoms with E-state index in [0.29, 0.717) is 41.7 Å². The molecule has 0 saturated carbocycles. The van der Waals surface area contributed by atoms with E-state index in [4.69, 9.17) is 16.3 Å². The molecule has 1 aliphatic heterocycles. The molecule has 2 aromatic carbocycles. The molecule has 1 aromatic heterocycles. The van der Waals surface area contributed by atoms with E-state index in [-0.39, 0.29) is 18.0 Å². The third-order valence-electron chi connectivity index (χ3n) is 4.92. The molecular weight excluding hydrogens is 395 g/mol.